The second-order valence-corrected chi connectivity index (χ2v) is 10.2. The van der Waals surface area contributed by atoms with E-state index in [4.69, 9.17) is 0 Å². The van der Waals surface area contributed by atoms with Gasteiger partial charge in [-0.15, -0.1) is 0 Å². The van der Waals surface area contributed by atoms with Gasteiger partial charge in [-0.25, -0.2) is 21.2 Å². The van der Waals surface area contributed by atoms with Crippen LogP contribution in [0.1, 0.15) is 18.4 Å². The minimum Gasteiger partial charge on any atom is -0.358 e. The Morgan fingerprint density at radius 3 is 2.36 bits per heavy atom. The lowest BCUT2D eigenvalue weighted by molar-refractivity contribution is -0.118. The summed E-state index contributed by atoms with van der Waals surface area (Å²) in [6.07, 6.45) is 0.247. The minimum absolute atomic E-state index is 0.0157. The normalized spacial score (nSPS) is 17.4. The summed E-state index contributed by atoms with van der Waals surface area (Å²) >= 11 is 0. The number of carbonyl (C=O) groups excluding carboxylic acids is 1. The zero-order chi connectivity index (χ0) is 18.8. The van der Waals surface area contributed by atoms with Gasteiger partial charge in [-0.05, 0) is 43.5 Å². The monoisotopic (exact) mass is 392 g/mol. The van der Waals surface area contributed by atoms with Crippen molar-refractivity contribution in [3.63, 3.8) is 0 Å². The Labute approximate surface area is 147 Å². The highest BCUT2D eigenvalue weighted by atomic mass is 32.2. The maximum Gasteiger partial charge on any atom is 0.243 e. The molecule has 1 aliphatic rings. The third-order valence-electron chi connectivity index (χ3n) is 4.29. The molecule has 1 aromatic rings. The first-order valence-corrected chi connectivity index (χ1v) is 10.9. The summed E-state index contributed by atoms with van der Waals surface area (Å²) in [6, 6.07) is 3.56. The Hall–Kier alpha value is -1.52. The summed E-state index contributed by atoms with van der Waals surface area (Å²) in [6.45, 7) is 1.55. The Kier molecular flexibility index (Phi) is 5.85. The maximum atomic E-state index is 13.3. The first-order valence-electron chi connectivity index (χ1n) is 7.76. The lowest BCUT2D eigenvalue weighted by atomic mass is 10.2. The van der Waals surface area contributed by atoms with E-state index in [-0.39, 0.29) is 36.4 Å². The molecule has 25 heavy (non-hydrogen) atoms. The molecule has 0 aliphatic carbocycles. The largest absolute Gasteiger partial charge is 0.358 e. The highest BCUT2D eigenvalue weighted by molar-refractivity contribution is 7.92. The first-order chi connectivity index (χ1) is 11.6. The van der Waals surface area contributed by atoms with Crippen LogP contribution in [0, 0.1) is 12.7 Å². The third-order valence-corrected chi connectivity index (χ3v) is 8.33. The number of amides is 1. The van der Waals surface area contributed by atoms with Crippen LogP contribution in [-0.2, 0) is 24.7 Å². The Bertz CT molecular complexity index is 860. The predicted octanol–water partition coefficient (Wildman–Crippen LogP) is 0.448. The van der Waals surface area contributed by atoms with Gasteiger partial charge in [0.25, 0.3) is 0 Å². The third kappa shape index (κ3) is 4.36. The van der Waals surface area contributed by atoms with Crippen LogP contribution in [0.15, 0.2) is 23.1 Å². The molecule has 1 aliphatic heterocycles. The van der Waals surface area contributed by atoms with Gasteiger partial charge in [-0.3, -0.25) is 4.79 Å². The average molecular weight is 392 g/mol. The topological polar surface area (TPSA) is 101 Å². The maximum absolute atomic E-state index is 13.3. The number of halogens is 1. The number of hydrogen-bond acceptors (Lipinski definition) is 5. The smallest absolute Gasteiger partial charge is 0.243 e. The van der Waals surface area contributed by atoms with Gasteiger partial charge in [0.2, 0.25) is 15.9 Å². The highest BCUT2D eigenvalue weighted by Crippen LogP contribution is 2.25. The molecule has 0 spiro atoms. The van der Waals surface area contributed by atoms with E-state index in [2.05, 4.69) is 5.32 Å². The molecular formula is C15H21FN2O5S2. The SMILES string of the molecule is CNC(=O)CS(=O)(=O)C1CCN(S(=O)(=O)c2ccc(F)c(C)c2)CC1. The van der Waals surface area contributed by atoms with E-state index >= 15 is 0 Å². The number of aryl methyl sites for hydroxylation is 1. The quantitative estimate of drug-likeness (QED) is 0.784. The van der Waals surface area contributed by atoms with Crippen molar-refractivity contribution in [1.29, 1.82) is 0 Å². The van der Waals surface area contributed by atoms with Gasteiger partial charge in [-0.1, -0.05) is 0 Å². The molecule has 1 aromatic carbocycles. The molecule has 0 bridgehead atoms. The van der Waals surface area contributed by atoms with Crippen molar-refractivity contribution >= 4 is 25.8 Å². The highest BCUT2D eigenvalue weighted by Gasteiger charge is 2.35. The van der Waals surface area contributed by atoms with Crippen LogP contribution in [0.5, 0.6) is 0 Å². The number of nitrogens with one attached hydrogen (secondary N) is 1. The van der Waals surface area contributed by atoms with Gasteiger partial charge in [0.1, 0.15) is 11.6 Å². The molecule has 7 nitrogen and oxygen atoms in total. The Morgan fingerprint density at radius 1 is 1.24 bits per heavy atom. The molecule has 0 aromatic heterocycles. The van der Waals surface area contributed by atoms with E-state index in [1.807, 2.05) is 0 Å². The second-order valence-electron chi connectivity index (χ2n) is 5.99. The predicted molar refractivity (Wildman–Crippen MR) is 90.8 cm³/mol. The van der Waals surface area contributed by atoms with Crippen molar-refractivity contribution in [1.82, 2.24) is 9.62 Å². The lowest BCUT2D eigenvalue weighted by Crippen LogP contribution is -2.44. The number of sulfonamides is 1. The van der Waals surface area contributed by atoms with E-state index in [9.17, 15) is 26.0 Å². The number of piperidine rings is 1. The lowest BCUT2D eigenvalue weighted by Gasteiger charge is -2.30. The van der Waals surface area contributed by atoms with Crippen molar-refractivity contribution < 1.29 is 26.0 Å². The van der Waals surface area contributed by atoms with Crippen molar-refractivity contribution in [3.8, 4) is 0 Å². The van der Waals surface area contributed by atoms with Crippen molar-refractivity contribution in [2.75, 3.05) is 25.9 Å². The Morgan fingerprint density at radius 2 is 1.84 bits per heavy atom. The van der Waals surface area contributed by atoms with E-state index in [1.165, 1.54) is 30.4 Å². The molecule has 0 saturated carbocycles. The summed E-state index contributed by atoms with van der Waals surface area (Å²) in [5.41, 5.74) is 0.226. The molecule has 1 fully saturated rings. The van der Waals surface area contributed by atoms with Crippen LogP contribution >= 0.6 is 0 Å². The van der Waals surface area contributed by atoms with Gasteiger partial charge >= 0.3 is 0 Å². The van der Waals surface area contributed by atoms with Crippen LogP contribution in [-0.4, -0.2) is 58.2 Å². The van der Waals surface area contributed by atoms with Crippen LogP contribution in [0.3, 0.4) is 0 Å². The zero-order valence-corrected chi connectivity index (χ0v) is 15.7. The van der Waals surface area contributed by atoms with E-state index in [1.54, 1.807) is 0 Å². The van der Waals surface area contributed by atoms with Crippen LogP contribution in [0.25, 0.3) is 0 Å². The van der Waals surface area contributed by atoms with Crippen LogP contribution in [0.4, 0.5) is 4.39 Å². The summed E-state index contributed by atoms with van der Waals surface area (Å²) in [5, 5.41) is 1.53. The number of carbonyl (C=O) groups is 1. The molecule has 0 unspecified atom stereocenters. The first kappa shape index (κ1) is 19.8. The van der Waals surface area contributed by atoms with Gasteiger partial charge in [0, 0.05) is 20.1 Å². The van der Waals surface area contributed by atoms with Gasteiger partial charge in [0.05, 0.1) is 10.1 Å². The molecule has 0 radical (unpaired) electrons. The van der Waals surface area contributed by atoms with Crippen LogP contribution in [0.2, 0.25) is 0 Å². The summed E-state index contributed by atoms with van der Waals surface area (Å²) in [4.78, 5) is 11.3. The number of nitrogens with zero attached hydrogens (tertiary/aromatic N) is 1. The fourth-order valence-electron chi connectivity index (χ4n) is 2.73. The van der Waals surface area contributed by atoms with Crippen LogP contribution < -0.4 is 5.32 Å². The van der Waals surface area contributed by atoms with Crippen molar-refractivity contribution in [2.24, 2.45) is 0 Å². The van der Waals surface area contributed by atoms with E-state index in [0.717, 1.165) is 6.07 Å². The molecule has 1 N–H and O–H groups in total. The molecule has 2 rings (SSSR count). The molecule has 1 heterocycles. The van der Waals surface area contributed by atoms with Gasteiger partial charge in [-0.2, -0.15) is 4.31 Å². The molecule has 1 amide bonds. The summed E-state index contributed by atoms with van der Waals surface area (Å²) in [7, 11) is -6.07. The van der Waals surface area contributed by atoms with Crippen molar-refractivity contribution in [2.45, 2.75) is 29.9 Å². The van der Waals surface area contributed by atoms with Gasteiger partial charge in [0.15, 0.2) is 9.84 Å². The van der Waals surface area contributed by atoms with E-state index < -0.39 is 42.6 Å². The summed E-state index contributed by atoms with van der Waals surface area (Å²) in [5.74, 6) is -1.67. The van der Waals surface area contributed by atoms with Crippen molar-refractivity contribution in [3.05, 3.63) is 29.6 Å². The number of rotatable bonds is 5. The molecule has 10 heteroatoms. The zero-order valence-electron chi connectivity index (χ0n) is 14.0. The second kappa shape index (κ2) is 7.38. The summed E-state index contributed by atoms with van der Waals surface area (Å²) < 4.78 is 64.2. The minimum atomic E-state index is -3.81. The molecular weight excluding hydrogens is 371 g/mol. The average Bonchev–Trinajstić information content (AvgIpc) is 2.56. The molecule has 140 valence electrons. The number of benzene rings is 1. The Balaban J connectivity index is 2.11. The molecule has 1 saturated heterocycles. The van der Waals surface area contributed by atoms with E-state index in [0.29, 0.717) is 0 Å². The number of sulfone groups is 1. The molecule has 0 atom stereocenters. The standard InChI is InChI=1S/C15H21FN2O5S2/c1-11-9-13(3-4-14(11)16)25(22,23)18-7-5-12(6-8-18)24(20,21)10-15(19)17-2/h3-4,9,12H,5-8,10H2,1-2H3,(H,17,19). The van der Waals surface area contributed by atoms with Gasteiger partial charge < -0.3 is 5.32 Å². The fourth-order valence-corrected chi connectivity index (χ4v) is 5.96. The fraction of sp³-hybridized carbons (Fsp3) is 0.533. The number of hydrogen-bond donors (Lipinski definition) is 1.